The van der Waals surface area contributed by atoms with Gasteiger partial charge in [-0.05, 0) is 0 Å². The van der Waals surface area contributed by atoms with E-state index in [1.165, 1.54) is 0 Å². The first-order chi connectivity index (χ1) is 3.50. The molecule has 0 aliphatic rings. The van der Waals surface area contributed by atoms with Crippen molar-refractivity contribution < 1.29 is 53.8 Å². The van der Waals surface area contributed by atoms with Gasteiger partial charge in [-0.25, -0.2) is 0 Å². The molecule has 0 nitrogen and oxygen atoms in total. The molecule has 10 heavy (non-hydrogen) atoms. The molecule has 0 spiro atoms. The second-order valence-corrected chi connectivity index (χ2v) is 2.83. The van der Waals surface area contributed by atoms with Gasteiger partial charge in [0, 0.05) is 53.8 Å². The summed E-state index contributed by atoms with van der Waals surface area (Å²) in [5, 5.41) is 0. The molecule has 0 aliphatic heterocycles. The van der Waals surface area contributed by atoms with Crippen LogP contribution in [-0.4, -0.2) is 0 Å². The molecule has 0 aromatic heterocycles. The maximum absolute atomic E-state index is 5.32. The van der Waals surface area contributed by atoms with Crippen molar-refractivity contribution in [3.63, 3.8) is 0 Å². The summed E-state index contributed by atoms with van der Waals surface area (Å²) in [5.41, 5.74) is -0.0556. The summed E-state index contributed by atoms with van der Waals surface area (Å²) < 4.78 is 0. The van der Waals surface area contributed by atoms with E-state index in [0.29, 0.717) is 5.92 Å². The Bertz CT molecular complexity index is 87.3. The molecule has 0 fully saturated rings. The molecule has 0 saturated heterocycles. The van der Waals surface area contributed by atoms with Crippen molar-refractivity contribution in [1.82, 2.24) is 0 Å². The summed E-state index contributed by atoms with van der Waals surface area (Å²) in [5.74, 6) is 0.521. The third kappa shape index (κ3) is 6.26. The molecular formula is C8H14WY-2. The van der Waals surface area contributed by atoms with Gasteiger partial charge in [0.1, 0.15) is 0 Å². The van der Waals surface area contributed by atoms with Gasteiger partial charge < -0.3 is 13.5 Å². The minimum atomic E-state index is -0.0556. The molecule has 1 unspecified atom stereocenters. The second-order valence-electron chi connectivity index (χ2n) is 2.83. The first-order valence-corrected chi connectivity index (χ1v) is 2.92. The zero-order valence-electron chi connectivity index (χ0n) is 6.92. The third-order valence-corrected chi connectivity index (χ3v) is 1.70. The number of rotatable bonds is 2. The van der Waals surface area contributed by atoms with Crippen molar-refractivity contribution in [1.29, 1.82) is 0 Å². The summed E-state index contributed by atoms with van der Waals surface area (Å²) >= 11 is 0. The van der Waals surface area contributed by atoms with Crippen molar-refractivity contribution >= 4 is 0 Å². The molecule has 0 aromatic carbocycles. The maximum atomic E-state index is 5.32. The maximum Gasteiger partial charge on any atom is 0 e. The normalized spacial score (nSPS) is 14.5. The first-order valence-electron chi connectivity index (χ1n) is 2.92. The molecule has 0 saturated carbocycles. The predicted molar refractivity (Wildman–Crippen MR) is 37.2 cm³/mol. The smallest absolute Gasteiger partial charge is 0 e. The van der Waals surface area contributed by atoms with Crippen LogP contribution >= 0.6 is 0 Å². The Kier molecular flexibility index (Phi) is 12.6. The Morgan fingerprint density at radius 3 is 1.80 bits per heavy atom. The topological polar surface area (TPSA) is 0 Å². The van der Waals surface area contributed by atoms with Crippen molar-refractivity contribution in [3.05, 3.63) is 19.6 Å². The van der Waals surface area contributed by atoms with E-state index in [-0.39, 0.29) is 59.2 Å². The Labute approximate surface area is 104 Å². The van der Waals surface area contributed by atoms with Crippen LogP contribution in [-0.2, 0) is 53.8 Å². The van der Waals surface area contributed by atoms with Crippen LogP contribution in [0.5, 0.6) is 0 Å². The largest absolute Gasteiger partial charge is 0.520 e. The average molecular weight is 383 g/mol. The zero-order chi connectivity index (χ0) is 6.78. The summed E-state index contributed by atoms with van der Waals surface area (Å²) in [6.45, 7) is 15.5. The molecule has 1 radical (unpaired) electrons. The number of hydrogen-bond acceptors (Lipinski definition) is 0. The predicted octanol–water partition coefficient (Wildman–Crippen LogP) is 2.47. The Morgan fingerprint density at radius 2 is 1.80 bits per heavy atom. The van der Waals surface area contributed by atoms with Crippen LogP contribution in [0.15, 0.2) is 6.08 Å². The summed E-state index contributed by atoms with van der Waals surface area (Å²) in [4.78, 5) is 0. The van der Waals surface area contributed by atoms with Crippen molar-refractivity contribution in [2.24, 2.45) is 11.3 Å². The van der Waals surface area contributed by atoms with Gasteiger partial charge in [-0.2, -0.15) is 5.41 Å². The van der Waals surface area contributed by atoms with E-state index < -0.39 is 0 Å². The van der Waals surface area contributed by atoms with Crippen LogP contribution in [0.3, 0.4) is 0 Å². The Morgan fingerprint density at radius 1 is 1.50 bits per heavy atom. The molecule has 0 N–H and O–H groups in total. The SMILES string of the molecule is [CH-]=CC([CH2-])(C)C(C)C.[W].[Y]. The third-order valence-electron chi connectivity index (χ3n) is 1.70. The molecule has 0 aliphatic carbocycles. The van der Waals surface area contributed by atoms with Crippen LogP contribution in [0.2, 0.25) is 0 Å². The van der Waals surface area contributed by atoms with E-state index in [2.05, 4.69) is 20.8 Å². The van der Waals surface area contributed by atoms with Crippen LogP contribution in [0.1, 0.15) is 20.8 Å². The summed E-state index contributed by atoms with van der Waals surface area (Å²) in [6, 6.07) is 0. The summed E-state index contributed by atoms with van der Waals surface area (Å²) in [6.07, 6.45) is 1.65. The van der Waals surface area contributed by atoms with Gasteiger partial charge in [0.05, 0.1) is 0 Å². The molecule has 57 valence electrons. The van der Waals surface area contributed by atoms with Crippen LogP contribution in [0, 0.1) is 24.8 Å². The fourth-order valence-corrected chi connectivity index (χ4v) is 0.192. The molecule has 0 rings (SSSR count). The van der Waals surface area contributed by atoms with Gasteiger partial charge >= 0.3 is 0 Å². The van der Waals surface area contributed by atoms with Gasteiger partial charge in [-0.1, -0.05) is 26.7 Å². The summed E-state index contributed by atoms with van der Waals surface area (Å²) in [7, 11) is 0. The van der Waals surface area contributed by atoms with Gasteiger partial charge in [-0.15, -0.1) is 0 Å². The van der Waals surface area contributed by atoms with E-state index in [1.807, 2.05) is 6.92 Å². The minimum absolute atomic E-state index is 0. The molecule has 0 aromatic rings. The second kappa shape index (κ2) is 7.20. The first kappa shape index (κ1) is 17.6. The van der Waals surface area contributed by atoms with Crippen LogP contribution < -0.4 is 0 Å². The van der Waals surface area contributed by atoms with E-state index in [1.54, 1.807) is 6.08 Å². The van der Waals surface area contributed by atoms with Gasteiger partial charge in [0.2, 0.25) is 0 Å². The quantitative estimate of drug-likeness (QED) is 0.644. The van der Waals surface area contributed by atoms with Crippen LogP contribution in [0.4, 0.5) is 0 Å². The Hall–Kier alpha value is 1.53. The number of allylic oxidation sites excluding steroid dienone is 1. The Balaban J connectivity index is -0.000000245. The van der Waals surface area contributed by atoms with Gasteiger partial charge in [0.15, 0.2) is 0 Å². The fourth-order valence-electron chi connectivity index (χ4n) is 0.192. The molecule has 0 amide bonds. The standard InChI is InChI=1S/C8H14.W.Y/c1-6-8(4,5)7(2)3;;/h1,6-7H,4H2,2-3,5H3;;/q-2;;. The molecule has 1 atom stereocenters. The van der Waals surface area contributed by atoms with Crippen LogP contribution in [0.25, 0.3) is 0 Å². The minimum Gasteiger partial charge on any atom is -0.520 e. The van der Waals surface area contributed by atoms with Gasteiger partial charge in [0.25, 0.3) is 0 Å². The average Bonchev–Trinajstić information content (AvgIpc) is 1.67. The van der Waals surface area contributed by atoms with E-state index in [0.717, 1.165) is 0 Å². The van der Waals surface area contributed by atoms with Crippen molar-refractivity contribution in [2.75, 3.05) is 0 Å². The van der Waals surface area contributed by atoms with E-state index in [9.17, 15) is 0 Å². The monoisotopic (exact) mass is 383 g/mol. The van der Waals surface area contributed by atoms with Crippen molar-refractivity contribution in [3.8, 4) is 0 Å². The van der Waals surface area contributed by atoms with Gasteiger partial charge in [-0.3, -0.25) is 6.08 Å². The zero-order valence-corrected chi connectivity index (χ0v) is 12.7. The molecule has 0 heterocycles. The van der Waals surface area contributed by atoms with E-state index in [4.69, 9.17) is 6.58 Å². The molecule has 2 heteroatoms. The molecular weight excluding hydrogens is 369 g/mol. The van der Waals surface area contributed by atoms with Crippen molar-refractivity contribution in [2.45, 2.75) is 20.8 Å². The van der Waals surface area contributed by atoms with E-state index >= 15 is 0 Å². The molecule has 0 bridgehead atoms. The number of hydrogen-bond donors (Lipinski definition) is 0. The fraction of sp³-hybridized carbons (Fsp3) is 0.625.